The van der Waals surface area contributed by atoms with Gasteiger partial charge in [-0.3, -0.25) is 4.79 Å². The van der Waals surface area contributed by atoms with Gasteiger partial charge in [-0.2, -0.15) is 9.97 Å². The number of likely N-dealkylation sites (N-methyl/N-ethyl adjacent to an activating group) is 1. The molecule has 6 rings (SSSR count). The number of benzene rings is 2. The number of hydrogen-bond acceptors (Lipinski definition) is 8. The second-order valence-corrected chi connectivity index (χ2v) is 11.3. The fraction of sp³-hybridized carbons (Fsp3) is 0.469. The number of nitrogens with zero attached hydrogens (tertiary/aromatic N) is 6. The van der Waals surface area contributed by atoms with Crippen molar-refractivity contribution in [2.24, 2.45) is 0 Å². The summed E-state index contributed by atoms with van der Waals surface area (Å²) in [6, 6.07) is 15.8. The number of likely N-dealkylation sites (tertiary alicyclic amines) is 1. The van der Waals surface area contributed by atoms with Crippen LogP contribution in [0, 0.1) is 0 Å². The van der Waals surface area contributed by atoms with Crippen LogP contribution in [0.4, 0.5) is 11.5 Å². The van der Waals surface area contributed by atoms with Crippen molar-refractivity contribution in [2.75, 3.05) is 69.9 Å². The average molecular weight is 557 g/mol. The van der Waals surface area contributed by atoms with Crippen molar-refractivity contribution in [1.29, 1.82) is 0 Å². The molecule has 2 saturated heterocycles. The molecule has 0 N–H and O–H groups in total. The molecule has 2 atom stereocenters. The molecule has 3 aliphatic heterocycles. The quantitative estimate of drug-likeness (QED) is 0.391. The lowest BCUT2D eigenvalue weighted by atomic mass is 10.0. The number of ether oxygens (including phenoxy) is 2. The molecule has 2 unspecified atom stereocenters. The minimum atomic E-state index is -0.0860. The van der Waals surface area contributed by atoms with Crippen molar-refractivity contribution in [3.05, 3.63) is 66.4 Å². The summed E-state index contributed by atoms with van der Waals surface area (Å²) in [5, 5.41) is 2.49. The number of fused-ring (bicyclic) bond motifs is 2. The molecule has 0 radical (unpaired) electrons. The lowest BCUT2D eigenvalue weighted by Gasteiger charge is -2.42. The fourth-order valence-electron chi connectivity index (χ4n) is 6.56. The van der Waals surface area contributed by atoms with Crippen LogP contribution in [0.2, 0.25) is 0 Å². The van der Waals surface area contributed by atoms with E-state index in [0.29, 0.717) is 51.4 Å². The molecule has 0 aliphatic carbocycles. The van der Waals surface area contributed by atoms with E-state index in [4.69, 9.17) is 19.4 Å². The highest BCUT2D eigenvalue weighted by molar-refractivity contribution is 5.94. The van der Waals surface area contributed by atoms with Crippen molar-refractivity contribution >= 4 is 28.2 Å². The molecule has 2 fully saturated rings. The van der Waals surface area contributed by atoms with Gasteiger partial charge < -0.3 is 29.1 Å². The van der Waals surface area contributed by atoms with Gasteiger partial charge in [-0.05, 0) is 50.4 Å². The molecule has 1 aromatic heterocycles. The summed E-state index contributed by atoms with van der Waals surface area (Å²) in [7, 11) is 3.83. The molecule has 4 heterocycles. The first-order valence-corrected chi connectivity index (χ1v) is 14.7. The highest BCUT2D eigenvalue weighted by Gasteiger charge is 2.33. The Labute approximate surface area is 242 Å². The van der Waals surface area contributed by atoms with Gasteiger partial charge >= 0.3 is 6.01 Å². The SMILES string of the molecule is C=CC(=O)N1CCN(c2nc(OCC3CCCN3C)nc3c2CCN(c2cccc4ccccc24)C3)CC1COC. The van der Waals surface area contributed by atoms with E-state index in [1.807, 2.05) is 4.90 Å². The third kappa shape index (κ3) is 5.61. The second kappa shape index (κ2) is 12.0. The first kappa shape index (κ1) is 27.5. The topological polar surface area (TPSA) is 74.3 Å². The van der Waals surface area contributed by atoms with Gasteiger partial charge in [0.05, 0.1) is 24.9 Å². The summed E-state index contributed by atoms with van der Waals surface area (Å²) >= 11 is 0. The van der Waals surface area contributed by atoms with E-state index in [1.54, 1.807) is 7.11 Å². The molecule has 0 spiro atoms. The van der Waals surface area contributed by atoms with Crippen LogP contribution < -0.4 is 14.5 Å². The van der Waals surface area contributed by atoms with Crippen LogP contribution in [0.1, 0.15) is 24.1 Å². The summed E-state index contributed by atoms with van der Waals surface area (Å²) < 4.78 is 11.8. The number of carbonyl (C=O) groups excluding carboxylic acids is 1. The molecule has 9 nitrogen and oxygen atoms in total. The van der Waals surface area contributed by atoms with Gasteiger partial charge in [0.25, 0.3) is 0 Å². The van der Waals surface area contributed by atoms with Crippen molar-refractivity contribution < 1.29 is 14.3 Å². The summed E-state index contributed by atoms with van der Waals surface area (Å²) in [6.45, 7) is 9.29. The summed E-state index contributed by atoms with van der Waals surface area (Å²) in [5.41, 5.74) is 3.41. The highest BCUT2D eigenvalue weighted by atomic mass is 16.5. The van der Waals surface area contributed by atoms with Crippen molar-refractivity contribution in [1.82, 2.24) is 19.8 Å². The van der Waals surface area contributed by atoms with Crippen molar-refractivity contribution in [2.45, 2.75) is 37.9 Å². The Kier molecular flexibility index (Phi) is 8.07. The van der Waals surface area contributed by atoms with Crippen LogP contribution >= 0.6 is 0 Å². The lowest BCUT2D eigenvalue weighted by molar-refractivity contribution is -0.129. The maximum Gasteiger partial charge on any atom is 0.318 e. The Morgan fingerprint density at radius 2 is 1.88 bits per heavy atom. The van der Waals surface area contributed by atoms with Crippen LogP contribution in [0.15, 0.2) is 55.1 Å². The number of aromatic nitrogens is 2. The Bertz CT molecular complexity index is 1410. The van der Waals surface area contributed by atoms with Crippen LogP contribution in [-0.4, -0.2) is 97.9 Å². The average Bonchev–Trinajstić information content (AvgIpc) is 3.43. The zero-order chi connectivity index (χ0) is 28.3. The zero-order valence-electron chi connectivity index (χ0n) is 24.2. The Hall–Kier alpha value is -3.69. The summed E-state index contributed by atoms with van der Waals surface area (Å²) in [6.07, 6.45) is 4.54. The third-order valence-corrected chi connectivity index (χ3v) is 8.81. The van der Waals surface area contributed by atoms with Crippen LogP contribution in [0.3, 0.4) is 0 Å². The van der Waals surface area contributed by atoms with E-state index in [9.17, 15) is 4.79 Å². The number of hydrogen-bond donors (Lipinski definition) is 0. The molecule has 9 heteroatoms. The van der Waals surface area contributed by atoms with Gasteiger partial charge in [-0.1, -0.05) is 43.0 Å². The Morgan fingerprint density at radius 1 is 1.02 bits per heavy atom. The van der Waals surface area contributed by atoms with E-state index < -0.39 is 0 Å². The zero-order valence-corrected chi connectivity index (χ0v) is 24.2. The van der Waals surface area contributed by atoms with Gasteiger partial charge in [-0.25, -0.2) is 0 Å². The van der Waals surface area contributed by atoms with Gasteiger partial charge in [0.15, 0.2) is 0 Å². The maximum absolute atomic E-state index is 12.6. The molecule has 2 aromatic carbocycles. The molecule has 3 aromatic rings. The smallest absolute Gasteiger partial charge is 0.318 e. The molecule has 0 bridgehead atoms. The number of anilines is 2. The van der Waals surface area contributed by atoms with E-state index >= 15 is 0 Å². The van der Waals surface area contributed by atoms with Gasteiger partial charge in [0.2, 0.25) is 5.91 Å². The van der Waals surface area contributed by atoms with Crippen LogP contribution in [-0.2, 0) is 22.5 Å². The van der Waals surface area contributed by atoms with Gasteiger partial charge in [0, 0.05) is 56.0 Å². The van der Waals surface area contributed by atoms with Gasteiger partial charge in [-0.15, -0.1) is 0 Å². The lowest BCUT2D eigenvalue weighted by Crippen LogP contribution is -2.57. The van der Waals surface area contributed by atoms with E-state index in [0.717, 1.165) is 37.4 Å². The number of amides is 1. The minimum absolute atomic E-state index is 0.0631. The first-order chi connectivity index (χ1) is 20.1. The van der Waals surface area contributed by atoms with Crippen LogP contribution in [0.25, 0.3) is 10.8 Å². The van der Waals surface area contributed by atoms with Crippen molar-refractivity contribution in [3.8, 4) is 6.01 Å². The van der Waals surface area contributed by atoms with E-state index in [2.05, 4.69) is 70.8 Å². The number of piperazine rings is 1. The number of methoxy groups -OCH3 is 1. The molecular weight excluding hydrogens is 516 g/mol. The Balaban J connectivity index is 1.32. The predicted molar refractivity (Wildman–Crippen MR) is 162 cm³/mol. The number of rotatable bonds is 8. The maximum atomic E-state index is 12.6. The van der Waals surface area contributed by atoms with Gasteiger partial charge in [0.1, 0.15) is 12.4 Å². The Morgan fingerprint density at radius 3 is 2.68 bits per heavy atom. The second-order valence-electron chi connectivity index (χ2n) is 11.3. The molecule has 216 valence electrons. The molecule has 0 saturated carbocycles. The minimum Gasteiger partial charge on any atom is -0.462 e. The highest BCUT2D eigenvalue weighted by Crippen LogP contribution is 2.35. The van der Waals surface area contributed by atoms with E-state index in [-0.39, 0.29) is 11.9 Å². The fourth-order valence-corrected chi connectivity index (χ4v) is 6.56. The largest absolute Gasteiger partial charge is 0.462 e. The summed E-state index contributed by atoms with van der Waals surface area (Å²) in [5.74, 6) is 0.862. The monoisotopic (exact) mass is 556 g/mol. The first-order valence-electron chi connectivity index (χ1n) is 14.7. The van der Waals surface area contributed by atoms with Crippen molar-refractivity contribution in [3.63, 3.8) is 0 Å². The molecular formula is C32H40N6O3. The number of carbonyl (C=O) groups is 1. The molecule has 41 heavy (non-hydrogen) atoms. The standard InChI is InChI=1S/C32H40N6O3/c1-4-30(39)38-18-17-37(19-25(38)21-40-3)31-27-14-16-36(29-13-7-10-23-9-5-6-12-26(23)29)20-28(27)33-32(34-31)41-22-24-11-8-15-35(24)2/h4-7,9-10,12-13,24-25H,1,8,11,14-22H2,2-3H3. The summed E-state index contributed by atoms with van der Waals surface area (Å²) in [4.78, 5) is 31.5. The molecule has 1 amide bonds. The normalized spacial score (nSPS) is 21.3. The molecule has 3 aliphatic rings. The van der Waals surface area contributed by atoms with Crippen LogP contribution in [0.5, 0.6) is 6.01 Å². The van der Waals surface area contributed by atoms with E-state index in [1.165, 1.54) is 34.5 Å². The predicted octanol–water partition coefficient (Wildman–Crippen LogP) is 3.52. The third-order valence-electron chi connectivity index (χ3n) is 8.81.